The zero-order valence-electron chi connectivity index (χ0n) is 17.9. The molecule has 2 N–H and O–H groups in total. The Morgan fingerprint density at radius 1 is 1.14 bits per heavy atom. The number of aliphatic hydroxyl groups excluding tert-OH is 1. The molecule has 158 valence electrons. The lowest BCUT2D eigenvalue weighted by Gasteiger charge is -2.35. The normalized spacial score (nSPS) is 17.3. The maximum atomic E-state index is 11.8. The highest BCUT2D eigenvalue weighted by Crippen LogP contribution is 2.24. The number of piperazine rings is 1. The van der Waals surface area contributed by atoms with Crippen LogP contribution in [0.2, 0.25) is 0 Å². The van der Waals surface area contributed by atoms with E-state index in [-0.39, 0.29) is 17.9 Å². The Kier molecular flexibility index (Phi) is 8.73. The average Bonchev–Trinajstić information content (AvgIpc) is 2.66. The Morgan fingerprint density at radius 2 is 1.75 bits per heavy atom. The summed E-state index contributed by atoms with van der Waals surface area (Å²) in [5.41, 5.74) is 1.39. The van der Waals surface area contributed by atoms with Gasteiger partial charge in [0.05, 0.1) is 6.54 Å². The van der Waals surface area contributed by atoms with Gasteiger partial charge < -0.3 is 15.2 Å². The summed E-state index contributed by atoms with van der Waals surface area (Å²) in [6.45, 7) is 14.1. The van der Waals surface area contributed by atoms with E-state index in [2.05, 4.69) is 54.9 Å². The van der Waals surface area contributed by atoms with Crippen LogP contribution in [0.4, 0.5) is 0 Å². The third kappa shape index (κ3) is 7.78. The number of aliphatic hydroxyl groups is 1. The smallest absolute Gasteiger partial charge is 0.234 e. The minimum atomic E-state index is -0.526. The Hall–Kier alpha value is -1.63. The molecular weight excluding hydrogens is 354 g/mol. The van der Waals surface area contributed by atoms with Gasteiger partial charge in [-0.3, -0.25) is 14.6 Å². The highest BCUT2D eigenvalue weighted by Gasteiger charge is 2.21. The predicted octanol–water partition coefficient (Wildman–Crippen LogP) is 1.87. The van der Waals surface area contributed by atoms with Gasteiger partial charge >= 0.3 is 0 Å². The van der Waals surface area contributed by atoms with Crippen molar-refractivity contribution in [2.45, 2.75) is 45.6 Å². The van der Waals surface area contributed by atoms with E-state index in [0.717, 1.165) is 44.9 Å². The number of nitrogens with zero attached hydrogens (tertiary/aromatic N) is 2. The first-order valence-corrected chi connectivity index (χ1v) is 10.4. The molecule has 28 heavy (non-hydrogen) atoms. The largest absolute Gasteiger partial charge is 0.491 e. The molecule has 0 aromatic heterocycles. The lowest BCUT2D eigenvalue weighted by molar-refractivity contribution is -0.122. The molecule has 1 amide bonds. The van der Waals surface area contributed by atoms with Gasteiger partial charge in [-0.1, -0.05) is 39.8 Å². The van der Waals surface area contributed by atoms with Gasteiger partial charge in [-0.25, -0.2) is 0 Å². The van der Waals surface area contributed by atoms with Crippen LogP contribution in [0.15, 0.2) is 24.3 Å². The van der Waals surface area contributed by atoms with Crippen LogP contribution in [-0.2, 0) is 10.2 Å². The van der Waals surface area contributed by atoms with E-state index in [9.17, 15) is 9.90 Å². The van der Waals surface area contributed by atoms with E-state index >= 15 is 0 Å². The van der Waals surface area contributed by atoms with Crippen molar-refractivity contribution in [3.8, 4) is 5.75 Å². The third-order valence-electron chi connectivity index (χ3n) is 5.04. The zero-order chi connectivity index (χ0) is 20.6. The molecule has 0 radical (unpaired) electrons. The van der Waals surface area contributed by atoms with Crippen molar-refractivity contribution in [2.24, 2.45) is 0 Å². The fourth-order valence-corrected chi connectivity index (χ4v) is 3.25. The van der Waals surface area contributed by atoms with Crippen molar-refractivity contribution in [3.05, 3.63) is 29.8 Å². The van der Waals surface area contributed by atoms with Gasteiger partial charge in [0.15, 0.2) is 0 Å². The van der Waals surface area contributed by atoms with E-state index < -0.39 is 6.10 Å². The van der Waals surface area contributed by atoms with E-state index in [1.165, 1.54) is 5.56 Å². The van der Waals surface area contributed by atoms with Crippen LogP contribution in [0.25, 0.3) is 0 Å². The van der Waals surface area contributed by atoms with Gasteiger partial charge in [-0.05, 0) is 29.5 Å². The quantitative estimate of drug-likeness (QED) is 0.673. The molecule has 1 atom stereocenters. The van der Waals surface area contributed by atoms with Crippen LogP contribution >= 0.6 is 0 Å². The van der Waals surface area contributed by atoms with E-state index in [4.69, 9.17) is 4.74 Å². The van der Waals surface area contributed by atoms with Crippen molar-refractivity contribution in [1.29, 1.82) is 0 Å². The van der Waals surface area contributed by atoms with Gasteiger partial charge in [-0.15, -0.1) is 0 Å². The van der Waals surface area contributed by atoms with Crippen molar-refractivity contribution in [3.63, 3.8) is 0 Å². The molecule has 1 saturated heterocycles. The summed E-state index contributed by atoms with van der Waals surface area (Å²) < 4.78 is 5.75. The lowest BCUT2D eigenvalue weighted by Crippen LogP contribution is -2.51. The van der Waals surface area contributed by atoms with Crippen LogP contribution < -0.4 is 10.1 Å². The Balaban J connectivity index is 1.66. The number of hydrogen-bond donors (Lipinski definition) is 2. The number of rotatable bonds is 9. The molecule has 0 spiro atoms. The Morgan fingerprint density at radius 3 is 2.32 bits per heavy atom. The molecule has 1 aliphatic heterocycles. The lowest BCUT2D eigenvalue weighted by atomic mass is 9.87. The second kappa shape index (κ2) is 10.8. The molecule has 6 nitrogen and oxygen atoms in total. The Labute approximate surface area is 169 Å². The number of β-amino-alcohol motifs (C(OH)–C–C–N with tert-alkyl or cyclic N) is 1. The topological polar surface area (TPSA) is 65.0 Å². The minimum absolute atomic E-state index is 0.0983. The fraction of sp³-hybridized carbons (Fsp3) is 0.682. The number of ether oxygens (including phenoxy) is 1. The number of carbonyl (C=O) groups is 1. The highest BCUT2D eigenvalue weighted by atomic mass is 16.5. The first-order valence-electron chi connectivity index (χ1n) is 10.4. The zero-order valence-corrected chi connectivity index (χ0v) is 17.9. The van der Waals surface area contributed by atoms with Crippen LogP contribution in [0.1, 0.15) is 39.7 Å². The van der Waals surface area contributed by atoms with Gasteiger partial charge in [0, 0.05) is 39.3 Å². The summed E-state index contributed by atoms with van der Waals surface area (Å²) in [5.74, 6) is 0.885. The Bertz CT molecular complexity index is 590. The molecular formula is C22H37N3O3. The van der Waals surface area contributed by atoms with Crippen LogP contribution in [0, 0.1) is 0 Å². The minimum Gasteiger partial charge on any atom is -0.491 e. The first kappa shape index (κ1) is 22.7. The second-order valence-corrected chi connectivity index (χ2v) is 8.67. The van der Waals surface area contributed by atoms with Gasteiger partial charge in [0.1, 0.15) is 18.5 Å². The number of hydrogen-bond acceptors (Lipinski definition) is 5. The van der Waals surface area contributed by atoms with Crippen LogP contribution in [0.3, 0.4) is 0 Å². The summed E-state index contributed by atoms with van der Waals surface area (Å²) in [5, 5.41) is 13.2. The van der Waals surface area contributed by atoms with E-state index in [1.807, 2.05) is 12.1 Å². The van der Waals surface area contributed by atoms with E-state index in [0.29, 0.717) is 13.1 Å². The molecule has 1 aliphatic rings. The first-order chi connectivity index (χ1) is 13.3. The van der Waals surface area contributed by atoms with Gasteiger partial charge in [-0.2, -0.15) is 0 Å². The molecule has 6 heteroatoms. The van der Waals surface area contributed by atoms with Crippen molar-refractivity contribution in [1.82, 2.24) is 15.1 Å². The highest BCUT2D eigenvalue weighted by molar-refractivity contribution is 5.77. The molecule has 0 aliphatic carbocycles. The SMILES string of the molecule is CCCNC(=O)CN1CCN(C[C@@H](O)COc2ccc(C(C)(C)C)cc2)CC1. The maximum absolute atomic E-state index is 11.8. The fourth-order valence-electron chi connectivity index (χ4n) is 3.25. The molecule has 1 fully saturated rings. The van der Waals surface area contributed by atoms with Crippen LogP contribution in [-0.4, -0.2) is 79.3 Å². The van der Waals surface area contributed by atoms with Crippen LogP contribution in [0.5, 0.6) is 5.75 Å². The average molecular weight is 392 g/mol. The molecule has 1 heterocycles. The molecule has 1 aromatic carbocycles. The summed E-state index contributed by atoms with van der Waals surface area (Å²) in [7, 11) is 0. The van der Waals surface area contributed by atoms with Crippen molar-refractivity contribution >= 4 is 5.91 Å². The van der Waals surface area contributed by atoms with Gasteiger partial charge in [0.2, 0.25) is 5.91 Å². The standard InChI is InChI=1S/C22H37N3O3/c1-5-10-23-21(27)16-25-13-11-24(12-14-25)15-19(26)17-28-20-8-6-18(7-9-20)22(2,3)4/h6-9,19,26H,5,10-17H2,1-4H3,(H,23,27)/t19-/m1/s1. The number of benzene rings is 1. The van der Waals surface area contributed by atoms with Gasteiger partial charge in [0.25, 0.3) is 0 Å². The number of nitrogens with one attached hydrogen (secondary N) is 1. The van der Waals surface area contributed by atoms with Crippen molar-refractivity contribution < 1.29 is 14.6 Å². The molecule has 0 unspecified atom stereocenters. The summed E-state index contributed by atoms with van der Waals surface area (Å²) in [6.07, 6.45) is 0.432. The molecule has 0 saturated carbocycles. The summed E-state index contributed by atoms with van der Waals surface area (Å²) in [6, 6.07) is 8.10. The van der Waals surface area contributed by atoms with E-state index in [1.54, 1.807) is 0 Å². The predicted molar refractivity (Wildman–Crippen MR) is 113 cm³/mol. The summed E-state index contributed by atoms with van der Waals surface area (Å²) in [4.78, 5) is 16.2. The second-order valence-electron chi connectivity index (χ2n) is 8.67. The summed E-state index contributed by atoms with van der Waals surface area (Å²) >= 11 is 0. The number of amides is 1. The monoisotopic (exact) mass is 391 g/mol. The third-order valence-corrected chi connectivity index (χ3v) is 5.04. The molecule has 0 bridgehead atoms. The van der Waals surface area contributed by atoms with Crippen molar-refractivity contribution in [2.75, 3.05) is 52.4 Å². The molecule has 1 aromatic rings. The number of carbonyl (C=O) groups excluding carboxylic acids is 1. The maximum Gasteiger partial charge on any atom is 0.234 e. The molecule has 2 rings (SSSR count).